The van der Waals surface area contributed by atoms with Gasteiger partial charge in [-0.25, -0.2) is 0 Å². The van der Waals surface area contributed by atoms with Crippen LogP contribution in [0, 0.1) is 5.92 Å². The number of hydrogen-bond acceptors (Lipinski definition) is 4. The van der Waals surface area contributed by atoms with Crippen molar-refractivity contribution in [1.29, 1.82) is 0 Å². The SMILES string of the molecule is COc1ccc(COCC2CCOCC2)cc1C(N)=S. The highest BCUT2D eigenvalue weighted by Crippen LogP contribution is 2.21. The lowest BCUT2D eigenvalue weighted by Crippen LogP contribution is -2.20. The first-order valence-corrected chi connectivity index (χ1v) is 7.23. The molecule has 0 atom stereocenters. The Morgan fingerprint density at radius 1 is 1.40 bits per heavy atom. The molecule has 0 spiro atoms. The van der Waals surface area contributed by atoms with E-state index < -0.39 is 0 Å². The molecule has 2 rings (SSSR count). The van der Waals surface area contributed by atoms with Crippen LogP contribution in [0.1, 0.15) is 24.0 Å². The molecule has 1 aliphatic rings. The Morgan fingerprint density at radius 2 is 2.15 bits per heavy atom. The van der Waals surface area contributed by atoms with E-state index in [1.165, 1.54) is 0 Å². The van der Waals surface area contributed by atoms with Gasteiger partial charge in [-0.3, -0.25) is 0 Å². The molecule has 1 aromatic rings. The van der Waals surface area contributed by atoms with Gasteiger partial charge in [-0.05, 0) is 36.5 Å². The first-order chi connectivity index (χ1) is 9.70. The van der Waals surface area contributed by atoms with Crippen molar-refractivity contribution in [3.05, 3.63) is 29.3 Å². The smallest absolute Gasteiger partial charge is 0.129 e. The maximum Gasteiger partial charge on any atom is 0.129 e. The molecule has 0 amide bonds. The quantitative estimate of drug-likeness (QED) is 0.816. The van der Waals surface area contributed by atoms with E-state index in [-0.39, 0.29) is 0 Å². The van der Waals surface area contributed by atoms with Gasteiger partial charge in [0.15, 0.2) is 0 Å². The highest BCUT2D eigenvalue weighted by Gasteiger charge is 2.14. The van der Waals surface area contributed by atoms with Crippen LogP contribution in [0.5, 0.6) is 5.75 Å². The van der Waals surface area contributed by atoms with Crippen LogP contribution in [0.15, 0.2) is 18.2 Å². The molecule has 0 radical (unpaired) electrons. The lowest BCUT2D eigenvalue weighted by atomic mass is 10.0. The molecule has 20 heavy (non-hydrogen) atoms. The van der Waals surface area contributed by atoms with Gasteiger partial charge in [-0.2, -0.15) is 0 Å². The van der Waals surface area contributed by atoms with Crippen molar-refractivity contribution >= 4 is 17.2 Å². The monoisotopic (exact) mass is 295 g/mol. The first kappa shape index (κ1) is 15.2. The number of nitrogens with two attached hydrogens (primary N) is 1. The van der Waals surface area contributed by atoms with E-state index in [0.717, 1.165) is 43.8 Å². The Morgan fingerprint density at radius 3 is 2.80 bits per heavy atom. The van der Waals surface area contributed by atoms with Crippen molar-refractivity contribution in [3.8, 4) is 5.75 Å². The van der Waals surface area contributed by atoms with Crippen molar-refractivity contribution in [3.63, 3.8) is 0 Å². The van der Waals surface area contributed by atoms with Crippen LogP contribution in [-0.4, -0.2) is 31.9 Å². The van der Waals surface area contributed by atoms with Gasteiger partial charge in [0.1, 0.15) is 10.7 Å². The summed E-state index contributed by atoms with van der Waals surface area (Å²) in [5.74, 6) is 1.31. The van der Waals surface area contributed by atoms with Crippen molar-refractivity contribution in [1.82, 2.24) is 0 Å². The van der Waals surface area contributed by atoms with Crippen LogP contribution < -0.4 is 10.5 Å². The van der Waals surface area contributed by atoms with Gasteiger partial charge in [0.25, 0.3) is 0 Å². The second-order valence-corrected chi connectivity index (χ2v) is 5.41. The van der Waals surface area contributed by atoms with Gasteiger partial charge < -0.3 is 19.9 Å². The Labute approximate surface area is 125 Å². The minimum Gasteiger partial charge on any atom is -0.496 e. The maximum atomic E-state index is 5.79. The molecular formula is C15H21NO3S. The van der Waals surface area contributed by atoms with E-state index in [0.29, 0.717) is 23.3 Å². The molecule has 1 heterocycles. The van der Waals surface area contributed by atoms with Crippen LogP contribution in [-0.2, 0) is 16.1 Å². The summed E-state index contributed by atoms with van der Waals surface area (Å²) < 4.78 is 16.4. The van der Waals surface area contributed by atoms with Gasteiger partial charge in [-0.15, -0.1) is 0 Å². The molecule has 1 fully saturated rings. The van der Waals surface area contributed by atoms with E-state index in [9.17, 15) is 0 Å². The molecule has 0 bridgehead atoms. The van der Waals surface area contributed by atoms with Crippen LogP contribution in [0.3, 0.4) is 0 Å². The molecule has 110 valence electrons. The lowest BCUT2D eigenvalue weighted by molar-refractivity contribution is 0.0157. The van der Waals surface area contributed by atoms with E-state index in [2.05, 4.69) is 0 Å². The number of methoxy groups -OCH3 is 1. The van der Waals surface area contributed by atoms with E-state index in [1.807, 2.05) is 18.2 Å². The first-order valence-electron chi connectivity index (χ1n) is 6.83. The van der Waals surface area contributed by atoms with Gasteiger partial charge in [-0.1, -0.05) is 18.3 Å². The zero-order chi connectivity index (χ0) is 14.4. The van der Waals surface area contributed by atoms with Crippen molar-refractivity contribution in [2.75, 3.05) is 26.9 Å². The predicted molar refractivity (Wildman–Crippen MR) is 82.1 cm³/mol. The lowest BCUT2D eigenvalue weighted by Gasteiger charge is -2.21. The average molecular weight is 295 g/mol. The zero-order valence-electron chi connectivity index (χ0n) is 11.8. The van der Waals surface area contributed by atoms with Crippen LogP contribution in [0.2, 0.25) is 0 Å². The van der Waals surface area contributed by atoms with E-state index in [4.69, 9.17) is 32.2 Å². The van der Waals surface area contributed by atoms with Crippen molar-refractivity contribution < 1.29 is 14.2 Å². The molecular weight excluding hydrogens is 274 g/mol. The number of hydrogen-bond donors (Lipinski definition) is 1. The summed E-state index contributed by atoms with van der Waals surface area (Å²) in [5, 5.41) is 0. The van der Waals surface area contributed by atoms with Gasteiger partial charge in [0, 0.05) is 13.2 Å². The van der Waals surface area contributed by atoms with Gasteiger partial charge in [0.2, 0.25) is 0 Å². The third kappa shape index (κ3) is 4.16. The van der Waals surface area contributed by atoms with Crippen LogP contribution in [0.4, 0.5) is 0 Å². The standard InChI is InChI=1S/C15H21NO3S/c1-17-14-3-2-12(8-13(14)15(16)20)10-19-9-11-4-6-18-7-5-11/h2-3,8,11H,4-7,9-10H2,1H3,(H2,16,20). The second kappa shape index (κ2) is 7.57. The minimum atomic E-state index is 0.341. The molecule has 1 aromatic carbocycles. The fourth-order valence-corrected chi connectivity index (χ4v) is 2.45. The maximum absolute atomic E-state index is 5.79. The molecule has 0 saturated carbocycles. The van der Waals surface area contributed by atoms with Gasteiger partial charge >= 0.3 is 0 Å². The molecule has 0 unspecified atom stereocenters. The average Bonchev–Trinajstić information content (AvgIpc) is 2.48. The number of rotatable bonds is 6. The van der Waals surface area contributed by atoms with E-state index in [1.54, 1.807) is 7.11 Å². The Hall–Kier alpha value is -1.17. The number of benzene rings is 1. The van der Waals surface area contributed by atoms with Gasteiger partial charge in [0.05, 0.1) is 25.9 Å². The molecule has 0 aliphatic carbocycles. The summed E-state index contributed by atoms with van der Waals surface area (Å²) in [7, 11) is 1.61. The molecule has 1 aliphatic heterocycles. The van der Waals surface area contributed by atoms with E-state index >= 15 is 0 Å². The topological polar surface area (TPSA) is 53.7 Å². The largest absolute Gasteiger partial charge is 0.496 e. The zero-order valence-corrected chi connectivity index (χ0v) is 12.6. The Balaban J connectivity index is 1.89. The predicted octanol–water partition coefficient (Wildman–Crippen LogP) is 2.27. The fraction of sp³-hybridized carbons (Fsp3) is 0.533. The summed E-state index contributed by atoms with van der Waals surface area (Å²) >= 11 is 5.03. The summed E-state index contributed by atoms with van der Waals surface area (Å²) in [4.78, 5) is 0.341. The summed E-state index contributed by atoms with van der Waals surface area (Å²) in [6.07, 6.45) is 2.17. The number of ether oxygens (including phenoxy) is 3. The van der Waals surface area contributed by atoms with Crippen molar-refractivity contribution in [2.24, 2.45) is 11.7 Å². The third-order valence-electron chi connectivity index (χ3n) is 3.49. The summed E-state index contributed by atoms with van der Waals surface area (Å²) in [5.41, 5.74) is 7.52. The second-order valence-electron chi connectivity index (χ2n) is 4.97. The molecule has 2 N–H and O–H groups in total. The highest BCUT2D eigenvalue weighted by atomic mass is 32.1. The third-order valence-corrected chi connectivity index (χ3v) is 3.71. The van der Waals surface area contributed by atoms with Crippen LogP contribution in [0.25, 0.3) is 0 Å². The molecule has 0 aromatic heterocycles. The molecule has 1 saturated heterocycles. The van der Waals surface area contributed by atoms with Crippen molar-refractivity contribution in [2.45, 2.75) is 19.4 Å². The number of thiocarbonyl (C=S) groups is 1. The molecule has 4 nitrogen and oxygen atoms in total. The Bertz CT molecular complexity index is 458. The highest BCUT2D eigenvalue weighted by molar-refractivity contribution is 7.80. The Kier molecular flexibility index (Phi) is 5.76. The summed E-state index contributed by atoms with van der Waals surface area (Å²) in [6, 6.07) is 5.79. The van der Waals surface area contributed by atoms with Crippen LogP contribution >= 0.6 is 12.2 Å². The minimum absolute atomic E-state index is 0.341. The fourth-order valence-electron chi connectivity index (χ4n) is 2.29. The molecule has 5 heteroatoms. The normalized spacial score (nSPS) is 16.1. The summed E-state index contributed by atoms with van der Waals surface area (Å²) in [6.45, 7) is 3.04.